The molecule has 0 bridgehead atoms. The molecule has 0 aliphatic carbocycles. The lowest BCUT2D eigenvalue weighted by Crippen LogP contribution is -2.51. The first kappa shape index (κ1) is 14.8. The molecule has 3 atom stereocenters. The van der Waals surface area contributed by atoms with E-state index >= 15 is 0 Å². The lowest BCUT2D eigenvalue weighted by atomic mass is 10.0. The minimum atomic E-state index is 0.0174. The minimum absolute atomic E-state index is 0.0174. The Morgan fingerprint density at radius 3 is 2.74 bits per heavy atom. The second-order valence-electron chi connectivity index (χ2n) is 6.50. The molecule has 2 heterocycles. The molecule has 0 saturated carbocycles. The third-order valence-corrected chi connectivity index (χ3v) is 4.45. The van der Waals surface area contributed by atoms with Gasteiger partial charge in [0.15, 0.2) is 0 Å². The maximum absolute atomic E-state index is 12.7. The number of likely N-dealkylation sites (tertiary alicyclic amines) is 1. The number of carbonyl (C=O) groups is 1. The van der Waals surface area contributed by atoms with E-state index in [1.54, 1.807) is 0 Å². The highest BCUT2D eigenvalue weighted by Crippen LogP contribution is 2.26. The Labute approximate surface area is 117 Å². The molecule has 19 heavy (non-hydrogen) atoms. The van der Waals surface area contributed by atoms with Gasteiger partial charge in [-0.25, -0.2) is 0 Å². The maximum Gasteiger partial charge on any atom is 0.241 e. The van der Waals surface area contributed by atoms with Gasteiger partial charge in [-0.3, -0.25) is 10.1 Å². The summed E-state index contributed by atoms with van der Waals surface area (Å²) in [5.41, 5.74) is 0. The van der Waals surface area contributed by atoms with Crippen molar-refractivity contribution in [3.63, 3.8) is 0 Å². The first-order valence-electron chi connectivity index (χ1n) is 7.81. The van der Waals surface area contributed by atoms with Crippen molar-refractivity contribution >= 4 is 5.91 Å². The van der Waals surface area contributed by atoms with Gasteiger partial charge in [-0.15, -0.1) is 0 Å². The van der Waals surface area contributed by atoms with Gasteiger partial charge in [0.05, 0.1) is 12.2 Å². The Hall–Kier alpha value is -0.610. The van der Waals surface area contributed by atoms with Crippen LogP contribution in [-0.4, -0.2) is 54.1 Å². The number of hydrogen-bond donors (Lipinski definition) is 1. The summed E-state index contributed by atoms with van der Waals surface area (Å²) in [4.78, 5) is 17.2. The molecule has 0 aromatic carbocycles. The topological polar surface area (TPSA) is 35.6 Å². The predicted molar refractivity (Wildman–Crippen MR) is 77.8 cm³/mol. The second kappa shape index (κ2) is 6.23. The molecule has 3 unspecified atom stereocenters. The van der Waals surface area contributed by atoms with E-state index in [0.29, 0.717) is 17.9 Å². The van der Waals surface area contributed by atoms with Crippen LogP contribution in [0.5, 0.6) is 0 Å². The molecule has 2 aliphatic rings. The SMILES string of the molecule is CCCC1NC(C(C)C)C(=O)N1C1CCCN(C)C1. The zero-order chi connectivity index (χ0) is 14.0. The van der Waals surface area contributed by atoms with Crippen molar-refractivity contribution in [1.82, 2.24) is 15.1 Å². The molecule has 2 rings (SSSR count). The summed E-state index contributed by atoms with van der Waals surface area (Å²) in [5.74, 6) is 0.701. The molecule has 4 heteroatoms. The van der Waals surface area contributed by atoms with Crippen LogP contribution in [0.25, 0.3) is 0 Å². The van der Waals surface area contributed by atoms with Gasteiger partial charge in [0, 0.05) is 12.6 Å². The van der Waals surface area contributed by atoms with Crippen molar-refractivity contribution < 1.29 is 4.79 Å². The summed E-state index contributed by atoms with van der Waals surface area (Å²) < 4.78 is 0. The van der Waals surface area contributed by atoms with E-state index in [4.69, 9.17) is 0 Å². The van der Waals surface area contributed by atoms with Crippen molar-refractivity contribution in [2.45, 2.75) is 64.7 Å². The van der Waals surface area contributed by atoms with Gasteiger partial charge in [-0.2, -0.15) is 0 Å². The minimum Gasteiger partial charge on any atom is -0.322 e. The van der Waals surface area contributed by atoms with Crippen LogP contribution in [-0.2, 0) is 4.79 Å². The van der Waals surface area contributed by atoms with Crippen LogP contribution < -0.4 is 5.32 Å². The lowest BCUT2D eigenvalue weighted by Gasteiger charge is -2.38. The highest BCUT2D eigenvalue weighted by atomic mass is 16.2. The number of rotatable bonds is 4. The zero-order valence-corrected chi connectivity index (χ0v) is 12.9. The van der Waals surface area contributed by atoms with E-state index in [2.05, 4.69) is 42.9 Å². The highest BCUT2D eigenvalue weighted by molar-refractivity contribution is 5.85. The first-order valence-corrected chi connectivity index (χ1v) is 7.81. The van der Waals surface area contributed by atoms with E-state index in [-0.39, 0.29) is 12.2 Å². The summed E-state index contributed by atoms with van der Waals surface area (Å²) in [7, 11) is 2.16. The fraction of sp³-hybridized carbons (Fsp3) is 0.933. The molecule has 0 aromatic rings. The first-order chi connectivity index (χ1) is 9.04. The van der Waals surface area contributed by atoms with Gasteiger partial charge < -0.3 is 9.80 Å². The average Bonchev–Trinajstić information content (AvgIpc) is 2.67. The molecule has 2 fully saturated rings. The Morgan fingerprint density at radius 2 is 2.16 bits per heavy atom. The fourth-order valence-corrected chi connectivity index (χ4v) is 3.45. The summed E-state index contributed by atoms with van der Waals surface area (Å²) in [6, 6.07) is 0.419. The molecule has 1 amide bonds. The van der Waals surface area contributed by atoms with Gasteiger partial charge in [-0.05, 0) is 38.8 Å². The third kappa shape index (κ3) is 3.11. The molecule has 110 valence electrons. The average molecular weight is 267 g/mol. The van der Waals surface area contributed by atoms with Crippen LogP contribution >= 0.6 is 0 Å². The number of amides is 1. The summed E-state index contributed by atoms with van der Waals surface area (Å²) in [6.07, 6.45) is 4.80. The molecule has 0 spiro atoms. The van der Waals surface area contributed by atoms with E-state index in [1.165, 1.54) is 6.42 Å². The third-order valence-electron chi connectivity index (χ3n) is 4.45. The molecule has 2 saturated heterocycles. The van der Waals surface area contributed by atoms with Gasteiger partial charge in [0.1, 0.15) is 0 Å². The Morgan fingerprint density at radius 1 is 1.42 bits per heavy atom. The highest BCUT2D eigenvalue weighted by Gasteiger charge is 2.43. The van der Waals surface area contributed by atoms with Crippen molar-refractivity contribution in [2.75, 3.05) is 20.1 Å². The van der Waals surface area contributed by atoms with Crippen LogP contribution in [0.15, 0.2) is 0 Å². The maximum atomic E-state index is 12.7. The van der Waals surface area contributed by atoms with Crippen molar-refractivity contribution in [1.29, 1.82) is 0 Å². The van der Waals surface area contributed by atoms with Crippen LogP contribution in [0.4, 0.5) is 0 Å². The number of carbonyl (C=O) groups excluding carboxylic acids is 1. The standard InChI is InChI=1S/C15H29N3O/c1-5-7-13-16-14(11(2)3)15(19)18(13)12-8-6-9-17(4)10-12/h11-14,16H,5-10H2,1-4H3. The number of nitrogens with zero attached hydrogens (tertiary/aromatic N) is 2. The fourth-order valence-electron chi connectivity index (χ4n) is 3.45. The van der Waals surface area contributed by atoms with Gasteiger partial charge in [-0.1, -0.05) is 27.2 Å². The number of piperidine rings is 1. The summed E-state index contributed by atoms with van der Waals surface area (Å²) >= 11 is 0. The number of hydrogen-bond acceptors (Lipinski definition) is 3. The Bertz CT molecular complexity index is 319. The van der Waals surface area contributed by atoms with Crippen LogP contribution in [0.2, 0.25) is 0 Å². The van der Waals surface area contributed by atoms with Crippen molar-refractivity contribution in [2.24, 2.45) is 5.92 Å². The van der Waals surface area contributed by atoms with Gasteiger partial charge in [0.2, 0.25) is 5.91 Å². The summed E-state index contributed by atoms with van der Waals surface area (Å²) in [6.45, 7) is 8.65. The largest absolute Gasteiger partial charge is 0.322 e. The zero-order valence-electron chi connectivity index (χ0n) is 12.9. The second-order valence-corrected chi connectivity index (χ2v) is 6.50. The molecule has 2 aliphatic heterocycles. The van der Waals surface area contributed by atoms with Crippen LogP contribution in [0.3, 0.4) is 0 Å². The van der Waals surface area contributed by atoms with Gasteiger partial charge >= 0.3 is 0 Å². The quantitative estimate of drug-likeness (QED) is 0.841. The smallest absolute Gasteiger partial charge is 0.241 e. The van der Waals surface area contributed by atoms with Crippen LogP contribution in [0.1, 0.15) is 46.5 Å². The van der Waals surface area contributed by atoms with Crippen molar-refractivity contribution in [3.8, 4) is 0 Å². The Balaban J connectivity index is 2.12. The summed E-state index contributed by atoms with van der Waals surface area (Å²) in [5, 5.41) is 3.56. The molecule has 1 N–H and O–H groups in total. The van der Waals surface area contributed by atoms with E-state index in [9.17, 15) is 4.79 Å². The molecule has 0 aromatic heterocycles. The van der Waals surface area contributed by atoms with Gasteiger partial charge in [0.25, 0.3) is 0 Å². The molecule has 4 nitrogen and oxygen atoms in total. The van der Waals surface area contributed by atoms with Crippen molar-refractivity contribution in [3.05, 3.63) is 0 Å². The predicted octanol–water partition coefficient (Wildman–Crippen LogP) is 1.66. The molecular formula is C15H29N3O. The normalized spacial score (nSPS) is 33.4. The van der Waals surface area contributed by atoms with E-state index < -0.39 is 0 Å². The lowest BCUT2D eigenvalue weighted by molar-refractivity contribution is -0.134. The number of nitrogens with one attached hydrogen (secondary N) is 1. The monoisotopic (exact) mass is 267 g/mol. The molecular weight excluding hydrogens is 238 g/mol. The van der Waals surface area contributed by atoms with Crippen LogP contribution in [0, 0.1) is 5.92 Å². The Kier molecular flexibility index (Phi) is 4.85. The van der Waals surface area contributed by atoms with E-state index in [1.807, 2.05) is 0 Å². The molecule has 0 radical (unpaired) electrons. The van der Waals surface area contributed by atoms with E-state index in [0.717, 1.165) is 32.4 Å². The number of likely N-dealkylation sites (N-methyl/N-ethyl adjacent to an activating group) is 1.